The summed E-state index contributed by atoms with van der Waals surface area (Å²) in [5, 5.41) is 12.4. The van der Waals surface area contributed by atoms with Crippen LogP contribution in [0.5, 0.6) is 0 Å². The van der Waals surface area contributed by atoms with Crippen molar-refractivity contribution in [1.29, 1.82) is 0 Å². The summed E-state index contributed by atoms with van der Waals surface area (Å²) in [6, 6.07) is 14.4. The highest BCUT2D eigenvalue weighted by Crippen LogP contribution is 2.27. The van der Waals surface area contributed by atoms with E-state index in [0.29, 0.717) is 30.9 Å². The molecule has 2 fully saturated rings. The van der Waals surface area contributed by atoms with Gasteiger partial charge in [-0.05, 0) is 48.9 Å². The van der Waals surface area contributed by atoms with Crippen molar-refractivity contribution in [2.75, 3.05) is 57.4 Å². The monoisotopic (exact) mass is 572 g/mol. The smallest absolute Gasteiger partial charge is 0.324 e. The largest absolute Gasteiger partial charge is 0.481 e. The minimum Gasteiger partial charge on any atom is -0.481 e. The Labute approximate surface area is 225 Å². The summed E-state index contributed by atoms with van der Waals surface area (Å²) in [4.78, 5) is 43.6. The number of carbonyl (C=O) groups is 3. The lowest BCUT2D eigenvalue weighted by Gasteiger charge is -2.40. The SMILES string of the molecule is O=C(O)CC1CN(Cc2ccccc2C(=O)NCCCN2CCOCC2)C(=O)N(c2ccc(Br)cc2)C1. The predicted molar refractivity (Wildman–Crippen MR) is 144 cm³/mol. The van der Waals surface area contributed by atoms with Crippen molar-refractivity contribution in [3.63, 3.8) is 0 Å². The molecule has 4 rings (SSSR count). The number of halogens is 1. The second-order valence-electron chi connectivity index (χ2n) is 9.43. The van der Waals surface area contributed by atoms with Gasteiger partial charge in [0.25, 0.3) is 5.91 Å². The topological polar surface area (TPSA) is 102 Å². The van der Waals surface area contributed by atoms with Crippen LogP contribution in [0.3, 0.4) is 0 Å². The Kier molecular flexibility index (Phi) is 9.54. The van der Waals surface area contributed by atoms with Crippen LogP contribution in [0.4, 0.5) is 10.5 Å². The van der Waals surface area contributed by atoms with Crippen LogP contribution < -0.4 is 10.2 Å². The maximum absolute atomic E-state index is 13.5. The molecule has 2 aromatic rings. The molecule has 9 nitrogen and oxygen atoms in total. The zero-order chi connectivity index (χ0) is 26.2. The van der Waals surface area contributed by atoms with Gasteiger partial charge in [0.15, 0.2) is 0 Å². The molecule has 0 bridgehead atoms. The van der Waals surface area contributed by atoms with Crippen molar-refractivity contribution in [2.45, 2.75) is 19.4 Å². The maximum Gasteiger partial charge on any atom is 0.324 e. The standard InChI is InChI=1S/C27H33BrN4O5/c28-22-6-8-23(9-7-22)32-18-20(16-25(33)34)17-31(27(32)36)19-21-4-1-2-5-24(21)26(35)29-10-3-11-30-12-14-37-15-13-30/h1-2,4-9,20H,3,10-19H2,(H,29,35)(H,33,34). The lowest BCUT2D eigenvalue weighted by atomic mass is 9.99. The van der Waals surface area contributed by atoms with Gasteiger partial charge in [-0.3, -0.25) is 19.4 Å². The summed E-state index contributed by atoms with van der Waals surface area (Å²) in [6.45, 7) is 5.67. The quantitative estimate of drug-likeness (QED) is 0.423. The van der Waals surface area contributed by atoms with Crippen LogP contribution >= 0.6 is 15.9 Å². The molecule has 198 valence electrons. The Morgan fingerprint density at radius 3 is 2.51 bits per heavy atom. The van der Waals surface area contributed by atoms with E-state index in [2.05, 4.69) is 26.1 Å². The number of nitrogens with zero attached hydrogens (tertiary/aromatic N) is 3. The molecule has 3 amide bonds. The Morgan fingerprint density at radius 2 is 1.78 bits per heavy atom. The second kappa shape index (κ2) is 13.0. The third-order valence-electron chi connectivity index (χ3n) is 6.69. The number of nitrogens with one attached hydrogen (secondary N) is 1. The minimum atomic E-state index is -0.896. The van der Waals surface area contributed by atoms with Gasteiger partial charge < -0.3 is 20.1 Å². The summed E-state index contributed by atoms with van der Waals surface area (Å²) in [5.74, 6) is -1.30. The van der Waals surface area contributed by atoms with Gasteiger partial charge in [0.1, 0.15) is 0 Å². The highest BCUT2D eigenvalue weighted by molar-refractivity contribution is 9.10. The Morgan fingerprint density at radius 1 is 1.05 bits per heavy atom. The van der Waals surface area contributed by atoms with E-state index in [1.165, 1.54) is 0 Å². The first-order valence-electron chi connectivity index (χ1n) is 12.6. The van der Waals surface area contributed by atoms with Gasteiger partial charge >= 0.3 is 12.0 Å². The first kappa shape index (κ1) is 27.1. The highest BCUT2D eigenvalue weighted by atomic mass is 79.9. The van der Waals surface area contributed by atoms with Crippen LogP contribution in [-0.4, -0.2) is 85.3 Å². The van der Waals surface area contributed by atoms with E-state index in [1.807, 2.05) is 42.5 Å². The summed E-state index contributed by atoms with van der Waals surface area (Å²) < 4.78 is 6.27. The maximum atomic E-state index is 13.5. The number of hydrogen-bond donors (Lipinski definition) is 2. The van der Waals surface area contributed by atoms with Crippen molar-refractivity contribution >= 4 is 39.5 Å². The van der Waals surface area contributed by atoms with Crippen LogP contribution in [0.15, 0.2) is 53.0 Å². The number of morpholine rings is 1. The predicted octanol–water partition coefficient (Wildman–Crippen LogP) is 3.43. The van der Waals surface area contributed by atoms with Crippen LogP contribution in [0.25, 0.3) is 0 Å². The second-order valence-corrected chi connectivity index (χ2v) is 10.4. The Hall–Kier alpha value is -2.95. The van der Waals surface area contributed by atoms with Gasteiger partial charge in [0, 0.05) is 60.9 Å². The lowest BCUT2D eigenvalue weighted by Crippen LogP contribution is -2.53. The molecule has 1 atom stereocenters. The molecular formula is C27H33BrN4O5. The third-order valence-corrected chi connectivity index (χ3v) is 7.21. The minimum absolute atomic E-state index is 0.0396. The van der Waals surface area contributed by atoms with Crippen molar-refractivity contribution in [3.05, 3.63) is 64.1 Å². The number of hydrogen-bond acceptors (Lipinski definition) is 5. The number of ether oxygens (including phenoxy) is 1. The summed E-state index contributed by atoms with van der Waals surface area (Å²) in [5.41, 5.74) is 1.96. The average molecular weight is 573 g/mol. The fourth-order valence-corrected chi connectivity index (χ4v) is 5.07. The number of rotatable bonds is 10. The van der Waals surface area contributed by atoms with E-state index < -0.39 is 5.97 Å². The van der Waals surface area contributed by atoms with Crippen molar-refractivity contribution in [2.24, 2.45) is 5.92 Å². The van der Waals surface area contributed by atoms with Crippen LogP contribution in [0.2, 0.25) is 0 Å². The number of carboxylic acids is 1. The fourth-order valence-electron chi connectivity index (χ4n) is 4.81. The van der Waals surface area contributed by atoms with E-state index in [1.54, 1.807) is 15.9 Å². The normalized spacial score (nSPS) is 18.6. The van der Waals surface area contributed by atoms with Crippen molar-refractivity contribution in [1.82, 2.24) is 15.1 Å². The molecule has 2 saturated heterocycles. The zero-order valence-corrected chi connectivity index (χ0v) is 22.4. The molecule has 1 unspecified atom stereocenters. The lowest BCUT2D eigenvalue weighted by molar-refractivity contribution is -0.138. The van der Waals surface area contributed by atoms with Gasteiger partial charge in [0.05, 0.1) is 19.6 Å². The van der Waals surface area contributed by atoms with Crippen molar-refractivity contribution < 1.29 is 24.2 Å². The number of urea groups is 1. The highest BCUT2D eigenvalue weighted by Gasteiger charge is 2.34. The fraction of sp³-hybridized carbons (Fsp3) is 0.444. The first-order valence-corrected chi connectivity index (χ1v) is 13.4. The van der Waals surface area contributed by atoms with Gasteiger partial charge in [-0.15, -0.1) is 0 Å². The van der Waals surface area contributed by atoms with Crippen LogP contribution in [0.1, 0.15) is 28.8 Å². The molecule has 0 radical (unpaired) electrons. The van der Waals surface area contributed by atoms with E-state index in [9.17, 15) is 19.5 Å². The molecule has 2 aliphatic rings. The first-order chi connectivity index (χ1) is 17.9. The molecule has 0 aliphatic carbocycles. The van der Waals surface area contributed by atoms with Gasteiger partial charge in [-0.2, -0.15) is 0 Å². The molecule has 0 saturated carbocycles. The van der Waals surface area contributed by atoms with Gasteiger partial charge in [0.2, 0.25) is 0 Å². The zero-order valence-electron chi connectivity index (χ0n) is 20.8. The summed E-state index contributed by atoms with van der Waals surface area (Å²) in [6.07, 6.45) is 0.805. The molecule has 2 aromatic carbocycles. The molecule has 2 N–H and O–H groups in total. The molecule has 10 heteroatoms. The van der Waals surface area contributed by atoms with E-state index >= 15 is 0 Å². The Bertz CT molecular complexity index is 1090. The molecule has 2 heterocycles. The average Bonchev–Trinajstić information content (AvgIpc) is 2.89. The number of carbonyl (C=O) groups excluding carboxylic acids is 2. The van der Waals surface area contributed by atoms with E-state index in [0.717, 1.165) is 49.3 Å². The van der Waals surface area contributed by atoms with Crippen LogP contribution in [-0.2, 0) is 16.1 Å². The number of benzene rings is 2. The molecule has 37 heavy (non-hydrogen) atoms. The van der Waals surface area contributed by atoms with Crippen LogP contribution in [0, 0.1) is 5.92 Å². The molecular weight excluding hydrogens is 540 g/mol. The van der Waals surface area contributed by atoms with Gasteiger partial charge in [-0.25, -0.2) is 4.79 Å². The van der Waals surface area contributed by atoms with E-state index in [-0.39, 0.29) is 30.8 Å². The third kappa shape index (κ3) is 7.53. The number of aliphatic carboxylic acids is 1. The number of amides is 3. The molecule has 0 spiro atoms. The summed E-state index contributed by atoms with van der Waals surface area (Å²) >= 11 is 3.41. The molecule has 2 aliphatic heterocycles. The van der Waals surface area contributed by atoms with E-state index in [4.69, 9.17) is 4.74 Å². The Balaban J connectivity index is 1.43. The summed E-state index contributed by atoms with van der Waals surface area (Å²) in [7, 11) is 0. The van der Waals surface area contributed by atoms with Crippen molar-refractivity contribution in [3.8, 4) is 0 Å². The van der Waals surface area contributed by atoms with Gasteiger partial charge in [-0.1, -0.05) is 34.1 Å². The number of carboxylic acid groups (broad SMARTS) is 1. The number of anilines is 1. The molecule has 0 aromatic heterocycles.